The zero-order chi connectivity index (χ0) is 13.1. The quantitative estimate of drug-likeness (QED) is 0.800. The molecule has 0 N–H and O–H groups in total. The summed E-state index contributed by atoms with van der Waals surface area (Å²) in [5.74, 6) is 0.727. The second kappa shape index (κ2) is 5.87. The molecule has 2 rings (SSSR count). The van der Waals surface area contributed by atoms with Crippen molar-refractivity contribution in [1.29, 1.82) is 0 Å². The van der Waals surface area contributed by atoms with Gasteiger partial charge < -0.3 is 4.90 Å². The lowest BCUT2D eigenvalue weighted by Crippen LogP contribution is -2.30. The highest BCUT2D eigenvalue weighted by atomic mass is 79.9. The topological polar surface area (TPSA) is 38.1 Å². The summed E-state index contributed by atoms with van der Waals surface area (Å²) in [4.78, 5) is 14.4. The second-order valence-corrected chi connectivity index (χ2v) is 5.40. The van der Waals surface area contributed by atoms with Crippen LogP contribution in [0.15, 0.2) is 6.07 Å². The molecule has 18 heavy (non-hydrogen) atoms. The van der Waals surface area contributed by atoms with Crippen molar-refractivity contribution in [2.24, 2.45) is 5.92 Å². The van der Waals surface area contributed by atoms with Crippen LogP contribution in [-0.4, -0.2) is 39.0 Å². The van der Waals surface area contributed by atoms with Crippen LogP contribution in [0.3, 0.4) is 0 Å². The molecule has 1 saturated heterocycles. The van der Waals surface area contributed by atoms with E-state index in [9.17, 15) is 4.79 Å². The molecule has 0 aromatic carbocycles. The minimum Gasteiger partial charge on any atom is -0.337 e. The molecule has 1 aliphatic rings. The fourth-order valence-electron chi connectivity index (χ4n) is 2.36. The Balaban J connectivity index is 2.15. The lowest BCUT2D eigenvalue weighted by atomic mass is 10.2. The minimum absolute atomic E-state index is 0.132. The van der Waals surface area contributed by atoms with Gasteiger partial charge in [0.25, 0.3) is 5.91 Å². The van der Waals surface area contributed by atoms with Crippen molar-refractivity contribution in [2.45, 2.75) is 33.2 Å². The largest absolute Gasteiger partial charge is 0.337 e. The molecule has 0 aliphatic carbocycles. The minimum atomic E-state index is 0.132. The van der Waals surface area contributed by atoms with Crippen molar-refractivity contribution in [3.63, 3.8) is 0 Å². The first-order chi connectivity index (χ1) is 8.69. The van der Waals surface area contributed by atoms with Crippen molar-refractivity contribution >= 4 is 21.8 Å². The number of carbonyl (C=O) groups excluding carboxylic acids is 1. The van der Waals surface area contributed by atoms with Crippen LogP contribution in [0.1, 0.15) is 36.5 Å². The van der Waals surface area contributed by atoms with E-state index in [0.29, 0.717) is 5.92 Å². The van der Waals surface area contributed by atoms with E-state index >= 15 is 0 Å². The molecule has 1 atom stereocenters. The Morgan fingerprint density at radius 2 is 2.33 bits per heavy atom. The lowest BCUT2D eigenvalue weighted by Gasteiger charge is -2.16. The van der Waals surface area contributed by atoms with Crippen LogP contribution < -0.4 is 0 Å². The number of rotatable bonds is 4. The number of alkyl halides is 1. The maximum atomic E-state index is 12.5. The Morgan fingerprint density at radius 1 is 1.56 bits per heavy atom. The summed E-state index contributed by atoms with van der Waals surface area (Å²) in [5, 5.41) is 5.41. The lowest BCUT2D eigenvalue weighted by molar-refractivity contribution is 0.0776. The predicted octanol–water partition coefficient (Wildman–Crippen LogP) is 2.32. The maximum absolute atomic E-state index is 12.5. The van der Waals surface area contributed by atoms with Gasteiger partial charge in [-0.1, -0.05) is 22.9 Å². The molecule has 1 aromatic rings. The van der Waals surface area contributed by atoms with Gasteiger partial charge in [0.15, 0.2) is 0 Å². The Labute approximate surface area is 116 Å². The summed E-state index contributed by atoms with van der Waals surface area (Å²) in [7, 11) is 0. The smallest absolute Gasteiger partial charge is 0.272 e. The normalized spacial score (nSPS) is 19.5. The molecule has 1 amide bonds. The molecular formula is C13H20BrN3O. The fraction of sp³-hybridized carbons (Fsp3) is 0.692. The van der Waals surface area contributed by atoms with Gasteiger partial charge in [-0.25, -0.2) is 0 Å². The van der Waals surface area contributed by atoms with Crippen molar-refractivity contribution in [1.82, 2.24) is 14.7 Å². The summed E-state index contributed by atoms with van der Waals surface area (Å²) >= 11 is 3.50. The van der Waals surface area contributed by atoms with Gasteiger partial charge in [0.05, 0.1) is 5.69 Å². The third-order valence-corrected chi connectivity index (χ3v) is 4.42. The standard InChI is InChI=1S/C13H20BrN3O/c1-3-11-7-12(17(4-2)15-11)13(18)16-6-5-10(8-14)9-16/h7,10H,3-6,8-9H2,1-2H3. The van der Waals surface area contributed by atoms with Crippen molar-refractivity contribution in [2.75, 3.05) is 18.4 Å². The van der Waals surface area contributed by atoms with Crippen LogP contribution in [0.5, 0.6) is 0 Å². The molecule has 100 valence electrons. The van der Waals surface area contributed by atoms with Crippen LogP contribution in [0.25, 0.3) is 0 Å². The average Bonchev–Trinajstić information content (AvgIpc) is 3.03. The first kappa shape index (κ1) is 13.6. The van der Waals surface area contributed by atoms with Gasteiger partial charge in [0.1, 0.15) is 5.69 Å². The number of carbonyl (C=O) groups is 1. The number of nitrogens with zero attached hydrogens (tertiary/aromatic N) is 3. The molecule has 0 spiro atoms. The van der Waals surface area contributed by atoms with Crippen LogP contribution >= 0.6 is 15.9 Å². The highest BCUT2D eigenvalue weighted by Crippen LogP contribution is 2.20. The summed E-state index contributed by atoms with van der Waals surface area (Å²) in [5.41, 5.74) is 1.74. The van der Waals surface area contributed by atoms with Crippen LogP contribution in [0.2, 0.25) is 0 Å². The van der Waals surface area contributed by atoms with E-state index in [4.69, 9.17) is 0 Å². The Hall–Kier alpha value is -0.840. The van der Waals surface area contributed by atoms with E-state index in [1.807, 2.05) is 22.6 Å². The number of aromatic nitrogens is 2. The highest BCUT2D eigenvalue weighted by Gasteiger charge is 2.28. The summed E-state index contributed by atoms with van der Waals surface area (Å²) in [6, 6.07) is 1.94. The van der Waals surface area contributed by atoms with Crippen LogP contribution in [-0.2, 0) is 13.0 Å². The Kier molecular flexibility index (Phi) is 4.43. The highest BCUT2D eigenvalue weighted by molar-refractivity contribution is 9.09. The first-order valence-electron chi connectivity index (χ1n) is 6.61. The van der Waals surface area contributed by atoms with E-state index < -0.39 is 0 Å². The van der Waals surface area contributed by atoms with Crippen LogP contribution in [0.4, 0.5) is 0 Å². The molecule has 1 fully saturated rings. The molecule has 1 unspecified atom stereocenters. The molecule has 2 heterocycles. The van der Waals surface area contributed by atoms with Gasteiger partial charge in [0, 0.05) is 25.0 Å². The number of halogens is 1. The van der Waals surface area contributed by atoms with Crippen LogP contribution in [0, 0.1) is 5.92 Å². The molecule has 0 radical (unpaired) electrons. The molecule has 1 aromatic heterocycles. The van der Waals surface area contributed by atoms with E-state index in [0.717, 1.165) is 49.2 Å². The van der Waals surface area contributed by atoms with E-state index in [2.05, 4.69) is 28.0 Å². The molecule has 0 saturated carbocycles. The summed E-state index contributed by atoms with van der Waals surface area (Å²) < 4.78 is 1.82. The zero-order valence-electron chi connectivity index (χ0n) is 11.0. The monoisotopic (exact) mass is 313 g/mol. The summed E-state index contributed by atoms with van der Waals surface area (Å²) in [6.45, 7) is 6.56. The maximum Gasteiger partial charge on any atom is 0.272 e. The average molecular weight is 314 g/mol. The predicted molar refractivity (Wildman–Crippen MR) is 75.1 cm³/mol. The first-order valence-corrected chi connectivity index (χ1v) is 7.73. The number of amides is 1. The Morgan fingerprint density at radius 3 is 2.89 bits per heavy atom. The molecule has 4 nitrogen and oxygen atoms in total. The number of likely N-dealkylation sites (tertiary alicyclic amines) is 1. The zero-order valence-corrected chi connectivity index (χ0v) is 12.6. The molecule has 0 bridgehead atoms. The van der Waals surface area contributed by atoms with Crippen molar-refractivity contribution in [3.8, 4) is 0 Å². The van der Waals surface area contributed by atoms with Gasteiger partial charge in [-0.05, 0) is 31.7 Å². The SMILES string of the molecule is CCc1cc(C(=O)N2CCC(CBr)C2)n(CC)n1. The fourth-order valence-corrected chi connectivity index (χ4v) is 2.89. The van der Waals surface area contributed by atoms with Gasteiger partial charge in [0.2, 0.25) is 0 Å². The molecule has 1 aliphatic heterocycles. The van der Waals surface area contributed by atoms with Gasteiger partial charge in [-0.15, -0.1) is 0 Å². The van der Waals surface area contributed by atoms with Gasteiger partial charge >= 0.3 is 0 Å². The molecular weight excluding hydrogens is 294 g/mol. The van der Waals surface area contributed by atoms with E-state index in [1.165, 1.54) is 0 Å². The summed E-state index contributed by atoms with van der Waals surface area (Å²) in [6.07, 6.45) is 1.97. The molecule has 5 heteroatoms. The van der Waals surface area contributed by atoms with E-state index in [1.54, 1.807) is 0 Å². The Bertz CT molecular complexity index is 430. The third kappa shape index (κ3) is 2.60. The van der Waals surface area contributed by atoms with E-state index in [-0.39, 0.29) is 5.91 Å². The number of aryl methyl sites for hydroxylation is 2. The second-order valence-electron chi connectivity index (χ2n) is 4.75. The third-order valence-electron chi connectivity index (χ3n) is 3.50. The van der Waals surface area contributed by atoms with Gasteiger partial charge in [-0.2, -0.15) is 5.10 Å². The number of hydrogen-bond acceptors (Lipinski definition) is 2. The van der Waals surface area contributed by atoms with Gasteiger partial charge in [-0.3, -0.25) is 9.48 Å². The van der Waals surface area contributed by atoms with Crippen molar-refractivity contribution < 1.29 is 4.79 Å². The number of hydrogen-bond donors (Lipinski definition) is 0. The van der Waals surface area contributed by atoms with Crippen molar-refractivity contribution in [3.05, 3.63) is 17.5 Å².